The van der Waals surface area contributed by atoms with Crippen LogP contribution in [-0.2, 0) is 14.6 Å². The minimum absolute atomic E-state index is 0.171. The van der Waals surface area contributed by atoms with E-state index in [0.717, 1.165) is 0 Å². The molecule has 10 heavy (non-hydrogen) atoms. The smallest absolute Gasteiger partial charge is 0.326 e. The molecule has 0 aliphatic carbocycles. The number of nitrogens with two attached hydrogens (primary N) is 1. The minimum Gasteiger partial charge on any atom is -0.326 e. The molecule has 0 aromatic rings. The summed E-state index contributed by atoms with van der Waals surface area (Å²) in [6.07, 6.45) is 0.607. The van der Waals surface area contributed by atoms with Gasteiger partial charge in [-0.25, -0.2) is 4.18 Å². The largest absolute Gasteiger partial charge is 0.397 e. The lowest BCUT2D eigenvalue weighted by atomic mass is 10.3. The second kappa shape index (κ2) is 3.87. The molecule has 0 aromatic heterocycles. The topological polar surface area (TPSA) is 89.6 Å². The van der Waals surface area contributed by atoms with E-state index in [2.05, 4.69) is 4.18 Å². The monoisotopic (exact) mass is 169 g/mol. The molecule has 0 aliphatic rings. The first-order valence-electron chi connectivity index (χ1n) is 2.83. The molecule has 0 spiro atoms. The number of hydrogen-bond donors (Lipinski definition) is 2. The predicted molar refractivity (Wildman–Crippen MR) is 35.8 cm³/mol. The van der Waals surface area contributed by atoms with Crippen LogP contribution in [0.5, 0.6) is 0 Å². The second-order valence-electron chi connectivity index (χ2n) is 1.88. The zero-order valence-electron chi connectivity index (χ0n) is 5.65. The molecule has 3 N–H and O–H groups in total. The third kappa shape index (κ3) is 5.96. The highest BCUT2D eigenvalue weighted by atomic mass is 32.3. The van der Waals surface area contributed by atoms with Crippen molar-refractivity contribution in [3.8, 4) is 0 Å². The van der Waals surface area contributed by atoms with Crippen LogP contribution in [0.4, 0.5) is 0 Å². The summed E-state index contributed by atoms with van der Waals surface area (Å²) in [4.78, 5) is 0. The lowest BCUT2D eigenvalue weighted by molar-refractivity contribution is 0.248. The summed E-state index contributed by atoms with van der Waals surface area (Å²) in [5.74, 6) is 0. The molecule has 0 saturated carbocycles. The Morgan fingerprint density at radius 3 is 2.50 bits per heavy atom. The molecule has 0 bridgehead atoms. The van der Waals surface area contributed by atoms with Gasteiger partial charge in [-0.2, -0.15) is 8.42 Å². The highest BCUT2D eigenvalue weighted by Crippen LogP contribution is 1.91. The Bertz CT molecular complexity index is 176. The Hall–Kier alpha value is -0.170. The zero-order chi connectivity index (χ0) is 8.20. The first-order chi connectivity index (χ1) is 4.45. The maximum Gasteiger partial charge on any atom is 0.397 e. The van der Waals surface area contributed by atoms with Crippen molar-refractivity contribution < 1.29 is 17.2 Å². The fourth-order valence-corrected chi connectivity index (χ4v) is 0.638. The third-order valence-corrected chi connectivity index (χ3v) is 1.39. The van der Waals surface area contributed by atoms with E-state index >= 15 is 0 Å². The number of rotatable bonds is 4. The summed E-state index contributed by atoms with van der Waals surface area (Å²) < 4.78 is 31.9. The molecule has 0 rings (SSSR count). The van der Waals surface area contributed by atoms with Crippen molar-refractivity contribution in [2.75, 3.05) is 6.61 Å². The normalized spacial score (nSPS) is 15.1. The Kier molecular flexibility index (Phi) is 3.80. The zero-order valence-corrected chi connectivity index (χ0v) is 6.47. The van der Waals surface area contributed by atoms with Gasteiger partial charge in [0.1, 0.15) is 0 Å². The first kappa shape index (κ1) is 9.83. The molecule has 5 nitrogen and oxygen atoms in total. The van der Waals surface area contributed by atoms with Crippen molar-refractivity contribution in [2.45, 2.75) is 19.4 Å². The molecule has 62 valence electrons. The molecule has 0 heterocycles. The third-order valence-electron chi connectivity index (χ3n) is 0.955. The number of hydrogen-bond acceptors (Lipinski definition) is 4. The molecule has 1 atom stereocenters. The second-order valence-corrected chi connectivity index (χ2v) is 2.97. The first-order valence-corrected chi connectivity index (χ1v) is 4.19. The van der Waals surface area contributed by atoms with Gasteiger partial charge in [0, 0.05) is 6.04 Å². The molecule has 0 fully saturated rings. The van der Waals surface area contributed by atoms with Crippen LogP contribution >= 0.6 is 0 Å². The van der Waals surface area contributed by atoms with Crippen LogP contribution in [0.25, 0.3) is 0 Å². The molecular formula is C4H11NO4S. The van der Waals surface area contributed by atoms with Gasteiger partial charge in [-0.15, -0.1) is 0 Å². The van der Waals surface area contributed by atoms with Crippen molar-refractivity contribution >= 4 is 10.4 Å². The van der Waals surface area contributed by atoms with Gasteiger partial charge in [0.15, 0.2) is 0 Å². The fourth-order valence-electron chi connectivity index (χ4n) is 0.291. The van der Waals surface area contributed by atoms with Crippen LogP contribution in [0.3, 0.4) is 0 Å². The van der Waals surface area contributed by atoms with Gasteiger partial charge in [0.25, 0.3) is 0 Å². The standard InChI is InChI=1S/C4H11NO4S/c1-2-4(5)3-9-10(6,7)8/h4H,2-3,5H2,1H3,(H,6,7,8)/t4-/m1/s1. The van der Waals surface area contributed by atoms with Crippen LogP contribution in [0.2, 0.25) is 0 Å². The van der Waals surface area contributed by atoms with Crippen molar-refractivity contribution in [1.29, 1.82) is 0 Å². The van der Waals surface area contributed by atoms with Crippen LogP contribution in [0.1, 0.15) is 13.3 Å². The molecular weight excluding hydrogens is 158 g/mol. The maximum atomic E-state index is 9.93. The summed E-state index contributed by atoms with van der Waals surface area (Å²) in [6.45, 7) is 1.62. The van der Waals surface area contributed by atoms with Gasteiger partial charge in [-0.1, -0.05) is 6.92 Å². The van der Waals surface area contributed by atoms with Gasteiger partial charge in [0.2, 0.25) is 0 Å². The van der Waals surface area contributed by atoms with E-state index < -0.39 is 10.4 Å². The van der Waals surface area contributed by atoms with Crippen LogP contribution in [0.15, 0.2) is 0 Å². The van der Waals surface area contributed by atoms with Crippen molar-refractivity contribution in [3.63, 3.8) is 0 Å². The summed E-state index contributed by atoms with van der Waals surface area (Å²) in [7, 11) is -4.31. The van der Waals surface area contributed by atoms with E-state index in [0.29, 0.717) is 6.42 Å². The minimum atomic E-state index is -4.31. The quantitative estimate of drug-likeness (QED) is 0.556. The highest BCUT2D eigenvalue weighted by molar-refractivity contribution is 7.80. The highest BCUT2D eigenvalue weighted by Gasteiger charge is 2.06. The van der Waals surface area contributed by atoms with E-state index in [-0.39, 0.29) is 12.6 Å². The average molecular weight is 169 g/mol. The van der Waals surface area contributed by atoms with E-state index in [1.165, 1.54) is 0 Å². The van der Waals surface area contributed by atoms with Crippen molar-refractivity contribution in [2.24, 2.45) is 5.73 Å². The lowest BCUT2D eigenvalue weighted by Crippen LogP contribution is -2.26. The van der Waals surface area contributed by atoms with Gasteiger partial charge in [-0.05, 0) is 6.42 Å². The van der Waals surface area contributed by atoms with E-state index in [9.17, 15) is 8.42 Å². The van der Waals surface area contributed by atoms with Gasteiger partial charge < -0.3 is 5.73 Å². The van der Waals surface area contributed by atoms with Crippen LogP contribution in [0, 0.1) is 0 Å². The summed E-state index contributed by atoms with van der Waals surface area (Å²) in [5.41, 5.74) is 5.28. The van der Waals surface area contributed by atoms with Gasteiger partial charge in [-0.3, -0.25) is 4.55 Å². The van der Waals surface area contributed by atoms with Crippen LogP contribution in [-0.4, -0.2) is 25.6 Å². The SMILES string of the molecule is CC[C@@H](N)COS(=O)(=O)O. The van der Waals surface area contributed by atoms with E-state index in [1.54, 1.807) is 6.92 Å². The fraction of sp³-hybridized carbons (Fsp3) is 1.00. The Labute approximate surface area is 60.1 Å². The van der Waals surface area contributed by atoms with Crippen LogP contribution < -0.4 is 5.73 Å². The predicted octanol–water partition coefficient (Wildman–Crippen LogP) is -0.457. The molecule has 0 amide bonds. The molecule has 0 aromatic carbocycles. The Morgan fingerprint density at radius 1 is 1.70 bits per heavy atom. The van der Waals surface area contributed by atoms with Gasteiger partial charge in [0.05, 0.1) is 6.61 Å². The molecule has 6 heteroatoms. The average Bonchev–Trinajstić information content (AvgIpc) is 1.81. The molecule has 0 aliphatic heterocycles. The van der Waals surface area contributed by atoms with Crippen molar-refractivity contribution in [3.05, 3.63) is 0 Å². The van der Waals surface area contributed by atoms with E-state index in [1.807, 2.05) is 0 Å². The van der Waals surface area contributed by atoms with E-state index in [4.69, 9.17) is 10.3 Å². The summed E-state index contributed by atoms with van der Waals surface area (Å²) >= 11 is 0. The molecule has 0 saturated heterocycles. The summed E-state index contributed by atoms with van der Waals surface area (Å²) in [6, 6.07) is -0.345. The Morgan fingerprint density at radius 2 is 2.20 bits per heavy atom. The lowest BCUT2D eigenvalue weighted by Gasteiger charge is -2.05. The molecule has 0 radical (unpaired) electrons. The van der Waals surface area contributed by atoms with Crippen molar-refractivity contribution in [1.82, 2.24) is 0 Å². The maximum absolute atomic E-state index is 9.93. The van der Waals surface area contributed by atoms with Gasteiger partial charge >= 0.3 is 10.4 Å². The molecule has 0 unspecified atom stereocenters. The Balaban J connectivity index is 3.56. The summed E-state index contributed by atoms with van der Waals surface area (Å²) in [5, 5.41) is 0.